The number of Topliss-reactive ketones (excluding diaryl/α,β-unsaturated/α-hetero) is 3. The average Bonchev–Trinajstić information content (AvgIpc) is 3.05. The number of rotatable bonds is 18. The molecular weight excluding hydrogens is 583 g/mol. The van der Waals surface area contributed by atoms with Gasteiger partial charge in [-0.1, -0.05) is 80.4 Å². The lowest BCUT2D eigenvalue weighted by Crippen LogP contribution is -2.32. The Bertz CT molecular complexity index is 1180. The number of ketones is 3. The third-order valence-electron chi connectivity index (χ3n) is 8.46. The van der Waals surface area contributed by atoms with E-state index >= 15 is 0 Å². The van der Waals surface area contributed by atoms with Crippen LogP contribution in [0.15, 0.2) is 54.1 Å². The maximum atomic E-state index is 14.1. The molecule has 2 rings (SSSR count). The molecule has 0 aromatic heterocycles. The molecule has 4 unspecified atom stereocenters. The maximum absolute atomic E-state index is 14.1. The highest BCUT2D eigenvalue weighted by molar-refractivity contribution is 6.31. The lowest BCUT2D eigenvalue weighted by atomic mass is 9.75. The van der Waals surface area contributed by atoms with Crippen molar-refractivity contribution >= 4 is 46.5 Å². The van der Waals surface area contributed by atoms with Gasteiger partial charge in [-0.05, 0) is 81.1 Å². The Morgan fingerprint density at radius 3 is 2.51 bits per heavy atom. The highest BCUT2D eigenvalue weighted by Crippen LogP contribution is 2.37. The van der Waals surface area contributed by atoms with E-state index < -0.39 is 23.7 Å². The number of unbranched alkanes of at least 4 members (excludes halogenated alkanes) is 1. The van der Waals surface area contributed by atoms with Gasteiger partial charge in [0, 0.05) is 47.1 Å². The molecule has 1 aliphatic rings. The second-order valence-corrected chi connectivity index (χ2v) is 12.7. The standard InChI is InChI=1S/C36H48Cl2O5/c1-6-9-12-28-20-31(39)21-30(14-10-13-27-16-15-24(4)19-33(27)38)36(42)32(28)23-34(40)29(22-35(41)43-8-3)18-17-26(11-7-2)25(5)37/h7,11,15-16,19,28-30,32H,2,5-6,8-10,12-14,17-18,20-23H2,1,3-4H3. The molecule has 0 bridgehead atoms. The smallest absolute Gasteiger partial charge is 0.306 e. The predicted molar refractivity (Wildman–Crippen MR) is 175 cm³/mol. The Balaban J connectivity index is 2.27. The number of hydrogen-bond acceptors (Lipinski definition) is 5. The predicted octanol–water partition coefficient (Wildman–Crippen LogP) is 9.12. The molecule has 1 aliphatic carbocycles. The van der Waals surface area contributed by atoms with E-state index in [4.69, 9.17) is 27.9 Å². The van der Waals surface area contributed by atoms with Gasteiger partial charge in [0.2, 0.25) is 0 Å². The zero-order valence-electron chi connectivity index (χ0n) is 26.1. The summed E-state index contributed by atoms with van der Waals surface area (Å²) in [6.45, 7) is 13.5. The largest absolute Gasteiger partial charge is 0.466 e. The van der Waals surface area contributed by atoms with Crippen molar-refractivity contribution in [3.8, 4) is 0 Å². The van der Waals surface area contributed by atoms with Crippen LogP contribution in [0.4, 0.5) is 0 Å². The first kappa shape index (κ1) is 36.7. The van der Waals surface area contributed by atoms with Crippen molar-refractivity contribution in [1.82, 2.24) is 0 Å². The quantitative estimate of drug-likeness (QED) is 0.0918. The number of halogens is 2. The number of ether oxygens (including phenoxy) is 1. The SMILES string of the molecule is C=CC=C(CCC(CC(=O)OCC)C(=O)CC1C(=O)C(CCCc2ccc(C)cc2Cl)CC(=O)CC1CCCC)C(=C)Cl. The van der Waals surface area contributed by atoms with Crippen LogP contribution in [-0.2, 0) is 30.3 Å². The van der Waals surface area contributed by atoms with Crippen LogP contribution in [0.25, 0.3) is 0 Å². The van der Waals surface area contributed by atoms with E-state index in [2.05, 4.69) is 20.1 Å². The molecular formula is C36H48Cl2O5. The van der Waals surface area contributed by atoms with Gasteiger partial charge in [-0.2, -0.15) is 0 Å². The lowest BCUT2D eigenvalue weighted by molar-refractivity contribution is -0.146. The van der Waals surface area contributed by atoms with Crippen LogP contribution >= 0.6 is 23.2 Å². The summed E-state index contributed by atoms with van der Waals surface area (Å²) in [5.74, 6) is -2.28. The van der Waals surface area contributed by atoms with Gasteiger partial charge in [0.25, 0.3) is 0 Å². The fourth-order valence-electron chi connectivity index (χ4n) is 6.07. The number of carbonyl (C=O) groups excluding carboxylic acids is 4. The minimum absolute atomic E-state index is 0.00608. The van der Waals surface area contributed by atoms with Crippen molar-refractivity contribution in [2.75, 3.05) is 6.61 Å². The molecule has 43 heavy (non-hydrogen) atoms. The number of hydrogen-bond donors (Lipinski definition) is 0. The monoisotopic (exact) mass is 630 g/mol. The van der Waals surface area contributed by atoms with Crippen molar-refractivity contribution in [3.05, 3.63) is 70.3 Å². The summed E-state index contributed by atoms with van der Waals surface area (Å²) in [5.41, 5.74) is 2.85. The molecule has 5 nitrogen and oxygen atoms in total. The molecule has 7 heteroatoms. The van der Waals surface area contributed by atoms with Gasteiger partial charge < -0.3 is 4.74 Å². The van der Waals surface area contributed by atoms with Crippen LogP contribution in [-0.4, -0.2) is 29.9 Å². The van der Waals surface area contributed by atoms with E-state index in [1.165, 1.54) is 0 Å². The molecule has 1 saturated carbocycles. The minimum Gasteiger partial charge on any atom is -0.466 e. The summed E-state index contributed by atoms with van der Waals surface area (Å²) in [4.78, 5) is 53.5. The summed E-state index contributed by atoms with van der Waals surface area (Å²) in [5, 5.41) is 1.07. The van der Waals surface area contributed by atoms with Crippen molar-refractivity contribution in [2.45, 2.75) is 97.8 Å². The van der Waals surface area contributed by atoms with E-state index in [0.717, 1.165) is 42.4 Å². The Morgan fingerprint density at radius 1 is 1.14 bits per heavy atom. The molecule has 0 spiro atoms. The van der Waals surface area contributed by atoms with Crippen molar-refractivity contribution < 1.29 is 23.9 Å². The van der Waals surface area contributed by atoms with Crippen LogP contribution in [0.1, 0.15) is 95.6 Å². The van der Waals surface area contributed by atoms with Crippen molar-refractivity contribution in [3.63, 3.8) is 0 Å². The van der Waals surface area contributed by atoms with Gasteiger partial charge in [0.05, 0.1) is 13.0 Å². The average molecular weight is 632 g/mol. The van der Waals surface area contributed by atoms with Gasteiger partial charge in [0.15, 0.2) is 0 Å². The van der Waals surface area contributed by atoms with Gasteiger partial charge >= 0.3 is 5.97 Å². The second-order valence-electron chi connectivity index (χ2n) is 11.8. The van der Waals surface area contributed by atoms with Crippen LogP contribution in [0.3, 0.4) is 0 Å². The minimum atomic E-state index is -0.635. The normalized spacial score (nSPS) is 19.9. The molecule has 0 saturated heterocycles. The Kier molecular flexibility index (Phi) is 16.2. The van der Waals surface area contributed by atoms with Gasteiger partial charge in [-0.15, -0.1) is 0 Å². The maximum Gasteiger partial charge on any atom is 0.306 e. The van der Waals surface area contributed by atoms with E-state index in [-0.39, 0.29) is 49.1 Å². The number of allylic oxidation sites excluding steroid dienone is 4. The number of benzene rings is 1. The third-order valence-corrected chi connectivity index (χ3v) is 9.06. The first-order valence-corrected chi connectivity index (χ1v) is 16.4. The van der Waals surface area contributed by atoms with Gasteiger partial charge in [-0.25, -0.2) is 0 Å². The van der Waals surface area contributed by atoms with Crippen molar-refractivity contribution in [1.29, 1.82) is 0 Å². The summed E-state index contributed by atoms with van der Waals surface area (Å²) < 4.78 is 5.17. The van der Waals surface area contributed by atoms with E-state index in [0.29, 0.717) is 42.2 Å². The zero-order chi connectivity index (χ0) is 31.9. The van der Waals surface area contributed by atoms with Crippen molar-refractivity contribution in [2.24, 2.45) is 23.7 Å². The van der Waals surface area contributed by atoms with Gasteiger partial charge in [-0.3, -0.25) is 19.2 Å². The molecule has 1 aromatic carbocycles. The van der Waals surface area contributed by atoms with E-state index in [9.17, 15) is 19.2 Å². The van der Waals surface area contributed by atoms with Crippen LogP contribution < -0.4 is 0 Å². The first-order valence-electron chi connectivity index (χ1n) is 15.7. The van der Waals surface area contributed by atoms with Gasteiger partial charge in [0.1, 0.15) is 17.3 Å². The second kappa shape index (κ2) is 19.0. The van der Waals surface area contributed by atoms with Crippen LogP contribution in [0, 0.1) is 30.6 Å². The molecule has 0 amide bonds. The summed E-state index contributed by atoms with van der Waals surface area (Å²) in [6, 6.07) is 5.97. The van der Waals surface area contributed by atoms with E-state index in [1.807, 2.05) is 25.1 Å². The fourth-order valence-corrected chi connectivity index (χ4v) is 6.55. The number of esters is 1. The molecule has 4 atom stereocenters. The molecule has 1 aromatic rings. The number of carbonyl (C=O) groups is 4. The lowest BCUT2D eigenvalue weighted by Gasteiger charge is -2.27. The summed E-state index contributed by atoms with van der Waals surface area (Å²) >= 11 is 12.6. The Morgan fingerprint density at radius 2 is 1.88 bits per heavy atom. The molecule has 0 N–H and O–H groups in total. The molecule has 236 valence electrons. The van der Waals surface area contributed by atoms with Crippen LogP contribution in [0.2, 0.25) is 5.02 Å². The molecule has 0 aliphatic heterocycles. The van der Waals surface area contributed by atoms with Crippen LogP contribution in [0.5, 0.6) is 0 Å². The Hall–Kier alpha value is -2.50. The zero-order valence-corrected chi connectivity index (χ0v) is 27.6. The summed E-state index contributed by atoms with van der Waals surface area (Å²) in [7, 11) is 0. The highest BCUT2D eigenvalue weighted by Gasteiger charge is 2.40. The molecule has 0 heterocycles. The third kappa shape index (κ3) is 12.2. The highest BCUT2D eigenvalue weighted by atomic mass is 35.5. The summed E-state index contributed by atoms with van der Waals surface area (Å²) in [6.07, 6.45) is 9.18. The molecule has 0 radical (unpaired) electrons. The molecule has 1 fully saturated rings. The number of aryl methyl sites for hydroxylation is 2. The topological polar surface area (TPSA) is 77.5 Å². The van der Waals surface area contributed by atoms with E-state index in [1.54, 1.807) is 19.1 Å². The first-order chi connectivity index (χ1) is 20.5. The Labute approximate surface area is 268 Å². The fraction of sp³-hybridized carbons (Fsp3) is 0.556.